The van der Waals surface area contributed by atoms with Crippen LogP contribution in [0.1, 0.15) is 29.8 Å². The third-order valence-electron chi connectivity index (χ3n) is 4.57. The number of pyridine rings is 1. The molecule has 3 rings (SSSR count). The number of nitrogens with one attached hydrogen (secondary N) is 1. The number of hydrogen-bond acceptors (Lipinski definition) is 3. The molecule has 0 saturated heterocycles. The summed E-state index contributed by atoms with van der Waals surface area (Å²) >= 11 is 0. The summed E-state index contributed by atoms with van der Waals surface area (Å²) < 4.78 is 13.1. The van der Waals surface area contributed by atoms with E-state index in [-0.39, 0.29) is 11.2 Å². The topological polar surface area (TPSA) is 68.0 Å². The molecule has 3 aromatic rings. The highest BCUT2D eigenvalue weighted by atomic mass is 19.1. The lowest BCUT2D eigenvalue weighted by Crippen LogP contribution is -2.27. The minimum Gasteiger partial charge on any atom is -0.383 e. The Kier molecular flexibility index (Phi) is 5.21. The van der Waals surface area contributed by atoms with Crippen LogP contribution in [0.15, 0.2) is 66.9 Å². The van der Waals surface area contributed by atoms with Crippen molar-refractivity contribution in [2.24, 2.45) is 5.73 Å². The maximum Gasteiger partial charge on any atom is 0.248 e. The van der Waals surface area contributed by atoms with E-state index in [0.29, 0.717) is 12.1 Å². The van der Waals surface area contributed by atoms with Crippen molar-refractivity contribution in [3.63, 3.8) is 0 Å². The van der Waals surface area contributed by atoms with Crippen LogP contribution in [0.3, 0.4) is 0 Å². The van der Waals surface area contributed by atoms with Gasteiger partial charge in [0.05, 0.1) is 17.6 Å². The van der Waals surface area contributed by atoms with Crippen LogP contribution in [0, 0.1) is 5.82 Å². The minimum atomic E-state index is -0.460. The van der Waals surface area contributed by atoms with Crippen LogP contribution in [-0.4, -0.2) is 17.4 Å². The number of benzene rings is 2. The molecule has 5 heteroatoms. The molecule has 0 unspecified atom stereocenters. The first-order valence-corrected chi connectivity index (χ1v) is 8.71. The number of anilines is 1. The quantitative estimate of drug-likeness (QED) is 0.683. The number of nitrogens with two attached hydrogens (primary N) is 1. The monoisotopic (exact) mass is 363 g/mol. The molecule has 3 N–H and O–H groups in total. The molecule has 2 aromatic carbocycles. The van der Waals surface area contributed by atoms with Crippen LogP contribution < -0.4 is 11.1 Å². The molecule has 138 valence electrons. The Balaban J connectivity index is 1.70. The van der Waals surface area contributed by atoms with Gasteiger partial charge in [-0.15, -0.1) is 0 Å². The summed E-state index contributed by atoms with van der Waals surface area (Å²) in [6.45, 7) is 4.88. The predicted molar refractivity (Wildman–Crippen MR) is 106 cm³/mol. The largest absolute Gasteiger partial charge is 0.383 e. The second-order valence-corrected chi connectivity index (χ2v) is 7.12. The van der Waals surface area contributed by atoms with Gasteiger partial charge < -0.3 is 11.1 Å². The van der Waals surface area contributed by atoms with Crippen LogP contribution >= 0.6 is 0 Å². The highest BCUT2D eigenvalue weighted by molar-refractivity contribution is 5.94. The van der Waals surface area contributed by atoms with E-state index in [9.17, 15) is 9.18 Å². The van der Waals surface area contributed by atoms with Gasteiger partial charge in [-0.2, -0.15) is 0 Å². The van der Waals surface area contributed by atoms with Gasteiger partial charge >= 0.3 is 0 Å². The lowest BCUT2D eigenvalue weighted by molar-refractivity contribution is 0.100. The first kappa shape index (κ1) is 18.6. The predicted octanol–water partition coefficient (Wildman–Crippen LogP) is 4.38. The van der Waals surface area contributed by atoms with Crippen LogP contribution in [0.25, 0.3) is 11.3 Å². The molecule has 1 amide bonds. The maximum atomic E-state index is 13.1. The van der Waals surface area contributed by atoms with Gasteiger partial charge in [0.25, 0.3) is 0 Å². The minimum absolute atomic E-state index is 0.164. The van der Waals surface area contributed by atoms with E-state index in [1.807, 2.05) is 30.3 Å². The zero-order valence-electron chi connectivity index (χ0n) is 15.4. The molecule has 0 aliphatic heterocycles. The number of carbonyl (C=O) groups excluding carboxylic acids is 1. The Hall–Kier alpha value is -3.21. The standard InChI is InChI=1S/C22H22FN3O/c1-22(2,17-6-8-18(23)9-7-17)14-26-19-10-11-20(25-13-19)15-4-3-5-16(12-15)21(24)27/h3-13,26H,14H2,1-2H3,(H2,24,27). The number of hydrogen-bond donors (Lipinski definition) is 2. The van der Waals surface area contributed by atoms with Crippen LogP contribution in [0.5, 0.6) is 0 Å². The molecule has 1 aromatic heterocycles. The molecule has 0 atom stereocenters. The zero-order chi connectivity index (χ0) is 19.4. The highest BCUT2D eigenvalue weighted by Gasteiger charge is 2.20. The molecule has 1 heterocycles. The van der Waals surface area contributed by atoms with E-state index in [0.717, 1.165) is 22.5 Å². The van der Waals surface area contributed by atoms with Crippen molar-refractivity contribution >= 4 is 11.6 Å². The van der Waals surface area contributed by atoms with Gasteiger partial charge in [0.15, 0.2) is 0 Å². The number of primary amides is 1. The van der Waals surface area contributed by atoms with Crippen molar-refractivity contribution in [2.75, 3.05) is 11.9 Å². The Bertz CT molecular complexity index is 935. The summed E-state index contributed by atoms with van der Waals surface area (Å²) in [4.78, 5) is 15.8. The molecule has 0 fully saturated rings. The van der Waals surface area contributed by atoms with Gasteiger partial charge in [0.1, 0.15) is 5.82 Å². The lowest BCUT2D eigenvalue weighted by Gasteiger charge is -2.26. The first-order valence-electron chi connectivity index (χ1n) is 8.71. The molecule has 0 radical (unpaired) electrons. The summed E-state index contributed by atoms with van der Waals surface area (Å²) in [5.41, 5.74) is 9.17. The molecule has 4 nitrogen and oxygen atoms in total. The molecule has 0 aliphatic carbocycles. The van der Waals surface area contributed by atoms with Gasteiger partial charge in [-0.05, 0) is 42.0 Å². The summed E-state index contributed by atoms with van der Waals surface area (Å²) in [6.07, 6.45) is 1.76. The van der Waals surface area contributed by atoms with Crippen LogP contribution in [0.2, 0.25) is 0 Å². The number of rotatable bonds is 6. The van der Waals surface area contributed by atoms with Crippen molar-refractivity contribution in [1.29, 1.82) is 0 Å². The van der Waals surface area contributed by atoms with Crippen molar-refractivity contribution < 1.29 is 9.18 Å². The second kappa shape index (κ2) is 7.58. The number of aromatic nitrogens is 1. The Labute approximate surface area is 158 Å². The van der Waals surface area contributed by atoms with Crippen molar-refractivity contribution in [3.05, 3.63) is 83.8 Å². The molecule has 0 aliphatic rings. The fourth-order valence-corrected chi connectivity index (χ4v) is 2.83. The molecular weight excluding hydrogens is 341 g/mol. The molecule has 0 bridgehead atoms. The SMILES string of the molecule is CC(C)(CNc1ccc(-c2cccc(C(N)=O)c2)nc1)c1ccc(F)cc1. The average Bonchev–Trinajstić information content (AvgIpc) is 2.67. The Morgan fingerprint density at radius 1 is 1.11 bits per heavy atom. The molecule has 0 spiro atoms. The van der Waals surface area contributed by atoms with E-state index in [4.69, 9.17) is 5.73 Å². The van der Waals surface area contributed by atoms with Crippen LogP contribution in [0.4, 0.5) is 10.1 Å². The average molecular weight is 363 g/mol. The van der Waals surface area contributed by atoms with Gasteiger partial charge in [-0.3, -0.25) is 9.78 Å². The maximum absolute atomic E-state index is 13.1. The Morgan fingerprint density at radius 3 is 2.48 bits per heavy atom. The van der Waals surface area contributed by atoms with Gasteiger partial charge in [-0.25, -0.2) is 4.39 Å². The van der Waals surface area contributed by atoms with Crippen LogP contribution in [-0.2, 0) is 5.41 Å². The summed E-state index contributed by atoms with van der Waals surface area (Å²) in [6, 6.07) is 17.5. The van der Waals surface area contributed by atoms with E-state index in [1.54, 1.807) is 24.4 Å². The van der Waals surface area contributed by atoms with Crippen molar-refractivity contribution in [1.82, 2.24) is 4.98 Å². The van der Waals surface area contributed by atoms with E-state index in [2.05, 4.69) is 24.1 Å². The summed E-state index contributed by atoms with van der Waals surface area (Å²) in [5.74, 6) is -0.694. The fraction of sp³-hybridized carbons (Fsp3) is 0.182. The van der Waals surface area contributed by atoms with E-state index in [1.165, 1.54) is 12.1 Å². The normalized spacial score (nSPS) is 11.2. The number of halogens is 1. The van der Waals surface area contributed by atoms with Crippen molar-refractivity contribution in [3.8, 4) is 11.3 Å². The van der Waals surface area contributed by atoms with Gasteiger partial charge in [0, 0.05) is 23.1 Å². The third kappa shape index (κ3) is 4.50. The highest BCUT2D eigenvalue weighted by Crippen LogP contribution is 2.25. The van der Waals surface area contributed by atoms with Crippen molar-refractivity contribution in [2.45, 2.75) is 19.3 Å². The summed E-state index contributed by atoms with van der Waals surface area (Å²) in [5, 5.41) is 3.38. The van der Waals surface area contributed by atoms with E-state index >= 15 is 0 Å². The van der Waals surface area contributed by atoms with Gasteiger partial charge in [0.2, 0.25) is 5.91 Å². The second-order valence-electron chi connectivity index (χ2n) is 7.12. The fourth-order valence-electron chi connectivity index (χ4n) is 2.83. The molecular formula is C22H22FN3O. The molecule has 0 saturated carbocycles. The Morgan fingerprint density at radius 2 is 1.85 bits per heavy atom. The first-order chi connectivity index (χ1) is 12.8. The van der Waals surface area contributed by atoms with E-state index < -0.39 is 5.91 Å². The molecule has 27 heavy (non-hydrogen) atoms. The third-order valence-corrected chi connectivity index (χ3v) is 4.57. The van der Waals surface area contributed by atoms with Gasteiger partial charge in [-0.1, -0.05) is 38.1 Å². The lowest BCUT2D eigenvalue weighted by atomic mass is 9.84. The smallest absolute Gasteiger partial charge is 0.248 e. The number of amides is 1. The number of carbonyl (C=O) groups is 1. The summed E-state index contributed by atoms with van der Waals surface area (Å²) in [7, 11) is 0. The number of nitrogens with zero attached hydrogens (tertiary/aromatic N) is 1. The zero-order valence-corrected chi connectivity index (χ0v) is 15.4.